The summed E-state index contributed by atoms with van der Waals surface area (Å²) in [6.45, 7) is 6.83. The van der Waals surface area contributed by atoms with E-state index in [9.17, 15) is 20.0 Å². The molecule has 2 aliphatic carbocycles. The van der Waals surface area contributed by atoms with Crippen molar-refractivity contribution in [2.24, 2.45) is 23.2 Å². The Morgan fingerprint density at radius 3 is 2.54 bits per heavy atom. The molecule has 1 fully saturated rings. The highest BCUT2D eigenvalue weighted by Gasteiger charge is 2.37. The lowest BCUT2D eigenvalue weighted by Crippen LogP contribution is -2.36. The van der Waals surface area contributed by atoms with Crippen molar-refractivity contribution in [2.45, 2.75) is 72.1 Å². The highest BCUT2D eigenvalue weighted by Crippen LogP contribution is 2.45. The van der Waals surface area contributed by atoms with Gasteiger partial charge in [0.15, 0.2) is 0 Å². The predicted octanol–water partition coefficient (Wildman–Crippen LogP) is 4.99. The van der Waals surface area contributed by atoms with Gasteiger partial charge in [-0.2, -0.15) is 5.26 Å². The predicted molar refractivity (Wildman–Crippen MR) is 110 cm³/mol. The van der Waals surface area contributed by atoms with Crippen LogP contribution in [-0.4, -0.2) is 17.0 Å². The fraction of sp³-hybridized carbons (Fsp3) is 0.682. The normalized spacial score (nSPS) is 24.9. The van der Waals surface area contributed by atoms with E-state index in [1.165, 1.54) is 16.2 Å². The summed E-state index contributed by atoms with van der Waals surface area (Å²) < 4.78 is 0. The molecule has 5 nitrogen and oxygen atoms in total. The third-order valence-electron chi connectivity index (χ3n) is 7.05. The molecule has 3 rings (SSSR count). The molecule has 0 spiro atoms. The van der Waals surface area contributed by atoms with Gasteiger partial charge in [-0.3, -0.25) is 9.59 Å². The molecule has 0 saturated heterocycles. The Hall–Kier alpha value is -1.87. The van der Waals surface area contributed by atoms with Gasteiger partial charge in [-0.1, -0.05) is 40.0 Å². The van der Waals surface area contributed by atoms with Gasteiger partial charge in [-0.25, -0.2) is 0 Å². The van der Waals surface area contributed by atoms with Gasteiger partial charge in [-0.05, 0) is 49.0 Å². The number of aliphatic carboxylic acids is 1. The maximum Gasteiger partial charge on any atom is 0.307 e. The second kappa shape index (κ2) is 8.24. The van der Waals surface area contributed by atoms with E-state index < -0.39 is 17.8 Å². The quantitative estimate of drug-likeness (QED) is 0.726. The van der Waals surface area contributed by atoms with Crippen LogP contribution in [0.15, 0.2) is 0 Å². The first-order valence-electron chi connectivity index (χ1n) is 10.4. The van der Waals surface area contributed by atoms with E-state index in [1.807, 2.05) is 0 Å². The summed E-state index contributed by atoms with van der Waals surface area (Å²) >= 11 is 1.52. The number of carboxylic acids is 1. The average molecular weight is 403 g/mol. The molecular formula is C22H30N2O3S. The summed E-state index contributed by atoms with van der Waals surface area (Å²) in [7, 11) is 0. The largest absolute Gasteiger partial charge is 0.481 e. The molecule has 2 N–H and O–H groups in total. The smallest absolute Gasteiger partial charge is 0.307 e. The van der Waals surface area contributed by atoms with Gasteiger partial charge in [-0.15, -0.1) is 11.3 Å². The number of nitrogens with one attached hydrogen (secondary N) is 1. The van der Waals surface area contributed by atoms with Gasteiger partial charge in [0.05, 0.1) is 17.4 Å². The van der Waals surface area contributed by atoms with Gasteiger partial charge in [0.2, 0.25) is 5.91 Å². The molecule has 0 radical (unpaired) electrons. The minimum atomic E-state index is -0.893. The molecule has 0 bridgehead atoms. The molecule has 0 unspecified atom stereocenters. The number of hydrogen-bond acceptors (Lipinski definition) is 4. The highest BCUT2D eigenvalue weighted by atomic mass is 32.1. The number of fused-ring (bicyclic) bond motifs is 1. The molecule has 0 aliphatic heterocycles. The van der Waals surface area contributed by atoms with Crippen LogP contribution in [0.4, 0.5) is 5.00 Å². The third kappa shape index (κ3) is 3.96. The van der Waals surface area contributed by atoms with Crippen LogP contribution in [0.2, 0.25) is 0 Å². The van der Waals surface area contributed by atoms with Crippen molar-refractivity contribution in [3.8, 4) is 6.07 Å². The Morgan fingerprint density at radius 1 is 1.25 bits per heavy atom. The fourth-order valence-electron chi connectivity index (χ4n) is 4.69. The molecule has 6 heteroatoms. The van der Waals surface area contributed by atoms with Gasteiger partial charge < -0.3 is 10.4 Å². The minimum Gasteiger partial charge on any atom is -0.481 e. The topological polar surface area (TPSA) is 90.2 Å². The van der Waals surface area contributed by atoms with Crippen LogP contribution in [-0.2, 0) is 22.4 Å². The van der Waals surface area contributed by atoms with E-state index in [0.717, 1.165) is 44.1 Å². The third-order valence-corrected chi connectivity index (χ3v) is 8.22. The van der Waals surface area contributed by atoms with Crippen molar-refractivity contribution < 1.29 is 14.7 Å². The zero-order valence-corrected chi connectivity index (χ0v) is 17.8. The van der Waals surface area contributed by atoms with Crippen LogP contribution in [0, 0.1) is 34.5 Å². The summed E-state index contributed by atoms with van der Waals surface area (Å²) in [6.07, 6.45) is 6.89. The van der Waals surface area contributed by atoms with E-state index in [1.54, 1.807) is 0 Å². The number of nitrogens with zero attached hydrogens (tertiary/aromatic N) is 1. The van der Waals surface area contributed by atoms with Crippen LogP contribution in [0.1, 0.15) is 75.3 Å². The summed E-state index contributed by atoms with van der Waals surface area (Å²) in [5, 5.41) is 22.7. The van der Waals surface area contributed by atoms with Crippen molar-refractivity contribution in [3.63, 3.8) is 0 Å². The number of amides is 1. The molecule has 2 aliphatic rings. The van der Waals surface area contributed by atoms with Gasteiger partial charge in [0.1, 0.15) is 11.1 Å². The molecule has 1 saturated carbocycles. The number of carboxylic acid groups (broad SMARTS) is 1. The van der Waals surface area contributed by atoms with E-state index >= 15 is 0 Å². The number of anilines is 1. The number of carbonyl (C=O) groups is 2. The number of rotatable bonds is 5. The number of nitriles is 1. The molecule has 3 atom stereocenters. The second-order valence-corrected chi connectivity index (χ2v) is 10.0. The first-order chi connectivity index (χ1) is 13.3. The number of hydrogen-bond donors (Lipinski definition) is 2. The Labute approximate surface area is 171 Å². The maximum absolute atomic E-state index is 12.9. The van der Waals surface area contributed by atoms with Crippen molar-refractivity contribution in [1.82, 2.24) is 0 Å². The Kier molecular flexibility index (Phi) is 6.14. The molecule has 152 valence electrons. The Bertz CT molecular complexity index is 805. The van der Waals surface area contributed by atoms with E-state index in [-0.39, 0.29) is 11.3 Å². The van der Waals surface area contributed by atoms with Gasteiger partial charge >= 0.3 is 5.97 Å². The highest BCUT2D eigenvalue weighted by molar-refractivity contribution is 7.16. The second-order valence-electron chi connectivity index (χ2n) is 8.93. The molecular weight excluding hydrogens is 372 g/mol. The van der Waals surface area contributed by atoms with Gasteiger partial charge in [0.25, 0.3) is 0 Å². The van der Waals surface area contributed by atoms with Crippen molar-refractivity contribution >= 4 is 28.2 Å². The fourth-order valence-corrected chi connectivity index (χ4v) is 5.97. The number of carbonyl (C=O) groups excluding carboxylic acids is 1. The molecule has 0 aromatic carbocycles. The Balaban J connectivity index is 1.81. The van der Waals surface area contributed by atoms with Crippen LogP contribution >= 0.6 is 11.3 Å². The molecule has 1 heterocycles. The molecule has 28 heavy (non-hydrogen) atoms. The summed E-state index contributed by atoms with van der Waals surface area (Å²) in [5.74, 6) is -1.69. The first kappa shape index (κ1) is 20.9. The van der Waals surface area contributed by atoms with Crippen molar-refractivity contribution in [3.05, 3.63) is 16.0 Å². The lowest BCUT2D eigenvalue weighted by Gasteiger charge is -2.36. The average Bonchev–Trinajstić information content (AvgIpc) is 3.03. The van der Waals surface area contributed by atoms with Crippen LogP contribution < -0.4 is 5.32 Å². The van der Waals surface area contributed by atoms with Crippen molar-refractivity contribution in [2.75, 3.05) is 5.32 Å². The summed E-state index contributed by atoms with van der Waals surface area (Å²) in [4.78, 5) is 25.6. The summed E-state index contributed by atoms with van der Waals surface area (Å²) in [6, 6.07) is 2.29. The Morgan fingerprint density at radius 2 is 1.93 bits per heavy atom. The van der Waals surface area contributed by atoms with E-state index in [4.69, 9.17) is 0 Å². The first-order valence-corrected chi connectivity index (χ1v) is 11.2. The zero-order valence-electron chi connectivity index (χ0n) is 17.0. The van der Waals surface area contributed by atoms with Gasteiger partial charge in [0, 0.05) is 4.88 Å². The van der Waals surface area contributed by atoms with Crippen LogP contribution in [0.3, 0.4) is 0 Å². The molecule has 1 amide bonds. The zero-order chi connectivity index (χ0) is 20.5. The maximum atomic E-state index is 12.9. The van der Waals surface area contributed by atoms with Crippen LogP contribution in [0.5, 0.6) is 0 Å². The van der Waals surface area contributed by atoms with Crippen LogP contribution in [0.25, 0.3) is 0 Å². The summed E-state index contributed by atoms with van der Waals surface area (Å²) in [5.41, 5.74) is 1.93. The van der Waals surface area contributed by atoms with Crippen molar-refractivity contribution in [1.29, 1.82) is 5.26 Å². The minimum absolute atomic E-state index is 0.243. The van der Waals surface area contributed by atoms with E-state index in [2.05, 4.69) is 32.2 Å². The molecule has 1 aromatic heterocycles. The lowest BCUT2D eigenvalue weighted by atomic mass is 9.69. The lowest BCUT2D eigenvalue weighted by molar-refractivity contribution is -0.147. The van der Waals surface area contributed by atoms with E-state index in [0.29, 0.717) is 29.3 Å². The standard InChI is InChI=1S/C22H30N2O3S/c1-4-22(2,3)13-9-10-14-17(12-23)20(28-18(14)11-13)24-19(25)15-7-5-6-8-16(15)21(26)27/h13,15-16H,4-11H2,1-3H3,(H,24,25)(H,26,27)/t13-,15-,16-/m1/s1. The SMILES string of the molecule is CCC(C)(C)[C@@H]1CCc2c(sc(NC(=O)[C@@H]3CCCC[C@H]3C(=O)O)c2C#N)C1. The number of thiophene rings is 1. The monoisotopic (exact) mass is 402 g/mol. The molecule has 1 aromatic rings.